The van der Waals surface area contributed by atoms with Crippen molar-refractivity contribution in [1.82, 2.24) is 0 Å². The van der Waals surface area contributed by atoms with Crippen molar-refractivity contribution in [3.8, 4) is 89.5 Å². The zero-order valence-electron chi connectivity index (χ0n) is 96.4. The Bertz CT molecular complexity index is 7800. The standard InChI is InChI=1S/C34H38N.C33H36N.C32H34N.C31H32N/c1-21(2)33-27-14-10-11-15-28(27)34(22(3)4)31-18-25(16-17-29(31)33)30-19-32(35(7)20-24(30)6)26-13-9-8-12-23(26)5;1-21-12-8-9-13-25(21)31-19-29(22(2)20-34(31)7)24-16-17-27-23(3)26-14-10-11-15-28(26)32(30(27)18-24)33(4,5)6;1-20(2)32-28-14-10-9-13-26(28)23(5)27-16-15-24(17-30(27)32)29-18-31(33(6)19-22(29)4)25-12-8-7-11-21(25)3;1-20-11-7-8-12-24(20)30-18-27(21(2)19-32(30)6)23-15-16-26-22(3)25-13-9-10-14-28(25)31(4,5)29(26)17-23/h8-22,33-34H,1-7H3;8-20,23,32H,1-7H3;7-20,23,32H,1-6H3;7-19,22H,1-6H3/q4*+1/i6D3,21D,22D;2D3;4D3;2D3. The molecule has 0 saturated carbocycles. The quantitative estimate of drug-likeness (QED) is 0.115. The normalized spacial score (nSPS) is 19.0. The van der Waals surface area contributed by atoms with Crippen LogP contribution in [0.15, 0.2) is 316 Å². The topological polar surface area (TPSA) is 15.5 Å². The Kier molecular flexibility index (Phi) is 21.5. The third-order valence-electron chi connectivity index (χ3n) is 29.7. The van der Waals surface area contributed by atoms with Gasteiger partial charge in [0.2, 0.25) is 22.8 Å². The van der Waals surface area contributed by atoms with Crippen LogP contribution in [0.4, 0.5) is 0 Å². The van der Waals surface area contributed by atoms with E-state index in [2.05, 4.69) is 315 Å². The Morgan fingerprint density at radius 2 is 0.530 bits per heavy atom. The number of aromatic nitrogens is 4. The average Bonchev–Trinajstić information content (AvgIpc) is 0.732. The van der Waals surface area contributed by atoms with Crippen molar-refractivity contribution in [1.29, 1.82) is 0 Å². The van der Waals surface area contributed by atoms with E-state index in [1.165, 1.54) is 66.8 Å². The van der Waals surface area contributed by atoms with Crippen molar-refractivity contribution < 1.29 is 37.5 Å². The zero-order chi connectivity index (χ0) is 107. The summed E-state index contributed by atoms with van der Waals surface area (Å²) in [6, 6.07) is 102. The van der Waals surface area contributed by atoms with Gasteiger partial charge in [0.1, 0.15) is 28.2 Å². The minimum Gasteiger partial charge on any atom is -0.201 e. The van der Waals surface area contributed by atoms with Crippen LogP contribution in [-0.2, 0) is 33.6 Å². The Hall–Kier alpha value is -12.8. The highest BCUT2D eigenvalue weighted by molar-refractivity contribution is 5.80. The first-order valence-corrected chi connectivity index (χ1v) is 47.9. The molecule has 134 heavy (non-hydrogen) atoms. The van der Waals surface area contributed by atoms with E-state index in [-0.39, 0.29) is 40.4 Å². The van der Waals surface area contributed by atoms with Gasteiger partial charge in [-0.15, -0.1) is 0 Å². The van der Waals surface area contributed by atoms with Crippen LogP contribution >= 0.6 is 0 Å². The second-order valence-electron chi connectivity index (χ2n) is 40.8. The van der Waals surface area contributed by atoms with Crippen LogP contribution < -0.4 is 18.3 Å². The Morgan fingerprint density at radius 3 is 0.896 bits per heavy atom. The largest absolute Gasteiger partial charge is 0.213 e. The lowest BCUT2D eigenvalue weighted by Crippen LogP contribution is -2.31. The van der Waals surface area contributed by atoms with Gasteiger partial charge in [-0.3, -0.25) is 0 Å². The molecular weight excluding hydrogens is 1620 g/mol. The molecule has 0 amide bonds. The molecule has 0 N–H and O–H groups in total. The van der Waals surface area contributed by atoms with E-state index in [0.29, 0.717) is 45.6 Å². The van der Waals surface area contributed by atoms with E-state index >= 15 is 0 Å². The van der Waals surface area contributed by atoms with Crippen LogP contribution in [-0.4, -0.2) is 0 Å². The van der Waals surface area contributed by atoms with Gasteiger partial charge in [-0.1, -0.05) is 334 Å². The summed E-state index contributed by atoms with van der Waals surface area (Å²) in [5.74, 6) is -0.188. The fourth-order valence-corrected chi connectivity index (χ4v) is 22.8. The minimum absolute atomic E-state index is 0.00587. The van der Waals surface area contributed by atoms with Crippen molar-refractivity contribution in [2.45, 2.75) is 199 Å². The van der Waals surface area contributed by atoms with Crippen LogP contribution in [0.5, 0.6) is 0 Å². The van der Waals surface area contributed by atoms with E-state index < -0.39 is 39.2 Å². The lowest BCUT2D eigenvalue weighted by Gasteiger charge is -2.40. The van der Waals surface area contributed by atoms with E-state index in [1.54, 1.807) is 24.8 Å². The molecule has 7 atom stereocenters. The van der Waals surface area contributed by atoms with Crippen LogP contribution in [0.25, 0.3) is 89.5 Å². The predicted molar refractivity (Wildman–Crippen MR) is 564 cm³/mol. The molecule has 0 spiro atoms. The average molecular weight is 1770 g/mol. The number of nitrogens with zero attached hydrogens (tertiary/aromatic N) is 4. The minimum atomic E-state index is -2.31. The molecule has 0 saturated heterocycles. The summed E-state index contributed by atoms with van der Waals surface area (Å²) in [7, 11) is 7.68. The van der Waals surface area contributed by atoms with E-state index in [9.17, 15) is 1.37 Å². The summed E-state index contributed by atoms with van der Waals surface area (Å²) >= 11 is 0. The molecule has 0 aliphatic heterocycles. The molecule has 4 aliphatic carbocycles. The lowest BCUT2D eigenvalue weighted by atomic mass is 9.64. The Labute approximate surface area is 822 Å². The predicted octanol–water partition coefficient (Wildman–Crippen LogP) is 31.4. The van der Waals surface area contributed by atoms with Gasteiger partial charge in [-0.25, -0.2) is 18.3 Å². The number of hydrogen-bond donors (Lipinski definition) is 0. The van der Waals surface area contributed by atoms with Crippen molar-refractivity contribution in [2.75, 3.05) is 0 Å². The Balaban J connectivity index is 0.000000135. The summed E-state index contributed by atoms with van der Waals surface area (Å²) in [6.07, 6.45) is 7.11. The smallest absolute Gasteiger partial charge is 0.201 e. The van der Waals surface area contributed by atoms with Gasteiger partial charge in [-0.05, 0) is 264 Å². The summed E-state index contributed by atoms with van der Waals surface area (Å²) in [4.78, 5) is 0. The molecule has 0 bridgehead atoms. The summed E-state index contributed by atoms with van der Waals surface area (Å²) < 4.78 is 126. The Morgan fingerprint density at radius 1 is 0.269 bits per heavy atom. The summed E-state index contributed by atoms with van der Waals surface area (Å²) in [5, 5.41) is 0. The van der Waals surface area contributed by atoms with Crippen molar-refractivity contribution in [3.63, 3.8) is 0 Å². The van der Waals surface area contributed by atoms with Gasteiger partial charge >= 0.3 is 0 Å². The van der Waals surface area contributed by atoms with Crippen LogP contribution in [0.1, 0.15) is 291 Å². The molecule has 0 fully saturated rings. The van der Waals surface area contributed by atoms with Crippen molar-refractivity contribution in [3.05, 3.63) is 449 Å². The molecule has 20 rings (SSSR count). The van der Waals surface area contributed by atoms with E-state index in [0.717, 1.165) is 128 Å². The van der Waals surface area contributed by atoms with Crippen LogP contribution in [0.2, 0.25) is 0 Å². The fraction of sp³-hybridized carbons (Fsp3) is 0.292. The SMILES string of the molecule is [2H]C([2H])([2H])c1c[n+](C)c(-c2ccccc2C)cc1-c1ccc2c(c1)C(C(C)(C)C)c1ccccc1C2C.[2H]C([2H])([2H])c1c[n+](C)c(-c2ccccc2C)cc1-c1ccc2c(c1)C(C(C)C)c1ccccc1C2C.[2H]C([2H])([2H])c1c[n+](C)c(-c2ccccc2C)cc1-c1ccc2c(c1)C(C([2H])(C)C)c1ccccc1C2C([2H])(C)C.[2H]C([2H])([2H])c1c[n+](C)c(-c2ccccc2C)cc1-c1ccc2c(c1)C(C)(C)c1ccccc1C2C. The maximum Gasteiger partial charge on any atom is 0.213 e. The van der Waals surface area contributed by atoms with Crippen molar-refractivity contribution in [2.24, 2.45) is 51.3 Å². The molecule has 4 aliphatic rings. The molecule has 676 valence electrons. The first-order valence-electron chi connectivity index (χ1n) is 54.9. The van der Waals surface area contributed by atoms with Crippen LogP contribution in [0, 0.1) is 78.2 Å². The monoisotopic (exact) mass is 1770 g/mol. The number of fused-ring (bicyclic) bond motifs is 8. The van der Waals surface area contributed by atoms with Gasteiger partial charge in [0.05, 0.1) is 0 Å². The van der Waals surface area contributed by atoms with E-state index in [1.807, 2.05) is 147 Å². The van der Waals surface area contributed by atoms with Gasteiger partial charge in [0, 0.05) is 135 Å². The van der Waals surface area contributed by atoms with Crippen LogP contribution in [0.3, 0.4) is 0 Å². The maximum atomic E-state index is 9.18. The lowest BCUT2D eigenvalue weighted by molar-refractivity contribution is -0.660. The van der Waals surface area contributed by atoms with Gasteiger partial charge in [-0.2, -0.15) is 0 Å². The second-order valence-corrected chi connectivity index (χ2v) is 40.8. The molecule has 4 heterocycles. The third-order valence-corrected chi connectivity index (χ3v) is 29.7. The number of pyridine rings is 4. The molecule has 4 nitrogen and oxygen atoms in total. The molecule has 4 heteroatoms. The fourth-order valence-electron chi connectivity index (χ4n) is 22.8. The number of hydrogen-bond acceptors (Lipinski definition) is 0. The molecular formula is C130H140N4+4. The highest BCUT2D eigenvalue weighted by Crippen LogP contribution is 2.55. The van der Waals surface area contributed by atoms with Gasteiger partial charge in [0.25, 0.3) is 0 Å². The molecule has 0 radical (unpaired) electrons. The number of aryl methyl sites for hydroxylation is 12. The number of benzene rings is 12. The first-order chi connectivity index (χ1) is 69.5. The van der Waals surface area contributed by atoms with Gasteiger partial charge in [0.15, 0.2) is 24.8 Å². The van der Waals surface area contributed by atoms with E-state index in [4.69, 9.17) is 17.8 Å². The highest BCUT2D eigenvalue weighted by Gasteiger charge is 2.41. The first kappa shape index (κ1) is 76.6. The third kappa shape index (κ3) is 17.4. The second kappa shape index (κ2) is 37.6. The zero-order valence-corrected chi connectivity index (χ0v) is 82.4. The molecule has 16 aromatic rings. The molecule has 12 aromatic carbocycles. The molecule has 4 aromatic heterocycles. The highest BCUT2D eigenvalue weighted by atomic mass is 14.9. The summed E-state index contributed by atoms with van der Waals surface area (Å²) in [6.45, 7) is 29.9. The number of rotatable bonds is 11. The maximum absolute atomic E-state index is 9.18. The summed E-state index contributed by atoms with van der Waals surface area (Å²) in [5.41, 5.74) is 41.2. The van der Waals surface area contributed by atoms with Crippen molar-refractivity contribution >= 4 is 0 Å². The van der Waals surface area contributed by atoms with Gasteiger partial charge < -0.3 is 0 Å². The molecule has 7 unspecified atom stereocenters.